The van der Waals surface area contributed by atoms with Crippen molar-refractivity contribution in [1.82, 2.24) is 4.90 Å². The number of para-hydroxylation sites is 1. The number of amides is 2. The highest BCUT2D eigenvalue weighted by Gasteiger charge is 2.36. The Morgan fingerprint density at radius 2 is 1.86 bits per heavy atom. The molecule has 2 heterocycles. The number of anilines is 1. The average Bonchev–Trinajstić information content (AvgIpc) is 3.36. The van der Waals surface area contributed by atoms with E-state index in [0.717, 1.165) is 11.3 Å². The smallest absolute Gasteiger partial charge is 0.238 e. The molecule has 0 radical (unpaired) electrons. The first kappa shape index (κ1) is 23.7. The van der Waals surface area contributed by atoms with E-state index in [-0.39, 0.29) is 25.0 Å². The van der Waals surface area contributed by atoms with Gasteiger partial charge in [0.05, 0.1) is 18.8 Å². The summed E-state index contributed by atoms with van der Waals surface area (Å²) in [5.41, 5.74) is 2.23. The van der Waals surface area contributed by atoms with E-state index >= 15 is 0 Å². The van der Waals surface area contributed by atoms with Crippen LogP contribution in [-0.4, -0.2) is 40.5 Å². The summed E-state index contributed by atoms with van der Waals surface area (Å²) in [7, 11) is 0. The highest BCUT2D eigenvalue weighted by Crippen LogP contribution is 2.35. The molecule has 1 fully saturated rings. The predicted molar refractivity (Wildman–Crippen MR) is 139 cm³/mol. The lowest BCUT2D eigenvalue weighted by molar-refractivity contribution is -0.129. The molecule has 5 rings (SSSR count). The van der Waals surface area contributed by atoms with Gasteiger partial charge in [0.1, 0.15) is 11.0 Å². The second kappa shape index (κ2) is 10.7. The van der Waals surface area contributed by atoms with Crippen molar-refractivity contribution in [3.8, 4) is 17.2 Å². The second-order valence-corrected chi connectivity index (χ2v) is 9.32. The van der Waals surface area contributed by atoms with Gasteiger partial charge in [-0.1, -0.05) is 36.0 Å². The maximum Gasteiger partial charge on any atom is 0.238 e. The highest BCUT2D eigenvalue weighted by molar-refractivity contribution is 8.15. The molecule has 9 heteroatoms. The zero-order chi connectivity index (χ0) is 24.9. The Morgan fingerprint density at radius 1 is 1.08 bits per heavy atom. The first-order chi connectivity index (χ1) is 17.6. The van der Waals surface area contributed by atoms with Gasteiger partial charge < -0.3 is 19.5 Å². The van der Waals surface area contributed by atoms with Crippen LogP contribution in [0.3, 0.4) is 0 Å². The van der Waals surface area contributed by atoms with Gasteiger partial charge >= 0.3 is 0 Å². The average molecular weight is 504 g/mol. The lowest BCUT2D eigenvalue weighted by Crippen LogP contribution is -2.44. The van der Waals surface area contributed by atoms with Gasteiger partial charge in [-0.2, -0.15) is 0 Å². The summed E-state index contributed by atoms with van der Waals surface area (Å²) in [4.78, 5) is 32.7. The fraction of sp³-hybridized carbons (Fsp3) is 0.222. The van der Waals surface area contributed by atoms with E-state index in [2.05, 4.69) is 5.32 Å². The van der Waals surface area contributed by atoms with E-state index < -0.39 is 5.25 Å². The van der Waals surface area contributed by atoms with Crippen LogP contribution in [0.1, 0.15) is 18.9 Å². The fourth-order valence-electron chi connectivity index (χ4n) is 3.86. The molecule has 8 nitrogen and oxygen atoms in total. The standard InChI is InChI=1S/C27H25N3O5S/c1-2-33-21-11-9-20(10-12-21)28-26(32)24-15-25(31)30(27(36-24)29-19-6-4-3-5-7-19)16-18-8-13-22-23(14-18)35-17-34-22/h3-14,24H,2,15-17H2,1H3,(H,28,32)/t24-/m0/s1. The number of nitrogens with zero attached hydrogens (tertiary/aromatic N) is 2. The molecule has 0 spiro atoms. The minimum absolute atomic E-state index is 0.0614. The number of amidine groups is 1. The molecule has 0 saturated carbocycles. The number of hydrogen-bond donors (Lipinski definition) is 1. The van der Waals surface area contributed by atoms with E-state index in [1.807, 2.05) is 55.5 Å². The number of rotatable bonds is 7. The molecular weight excluding hydrogens is 478 g/mol. The largest absolute Gasteiger partial charge is 0.494 e. The molecule has 0 unspecified atom stereocenters. The third-order valence-corrected chi connectivity index (χ3v) is 6.81. The number of carbonyl (C=O) groups excluding carboxylic acids is 2. The summed E-state index contributed by atoms with van der Waals surface area (Å²) < 4.78 is 16.3. The van der Waals surface area contributed by atoms with E-state index in [9.17, 15) is 9.59 Å². The Morgan fingerprint density at radius 3 is 2.64 bits per heavy atom. The predicted octanol–water partition coefficient (Wildman–Crippen LogP) is 4.97. The normalized spacial score (nSPS) is 17.8. The summed E-state index contributed by atoms with van der Waals surface area (Å²) in [5, 5.41) is 2.77. The monoisotopic (exact) mass is 503 g/mol. The van der Waals surface area contributed by atoms with Crippen molar-refractivity contribution in [3.05, 3.63) is 78.4 Å². The molecule has 0 aromatic heterocycles. The third-order valence-electron chi connectivity index (χ3n) is 5.62. The maximum absolute atomic E-state index is 13.3. The SMILES string of the molecule is CCOc1ccc(NC(=O)[C@@H]2CC(=O)N(Cc3ccc4c(c3)OCO4)C(=Nc3ccccc3)S2)cc1. The summed E-state index contributed by atoms with van der Waals surface area (Å²) in [5.74, 6) is 1.64. The number of nitrogens with one attached hydrogen (secondary N) is 1. The summed E-state index contributed by atoms with van der Waals surface area (Å²) in [6, 6.07) is 22.1. The van der Waals surface area contributed by atoms with E-state index in [0.29, 0.717) is 41.2 Å². The Bertz CT molecular complexity index is 1280. The van der Waals surface area contributed by atoms with Crippen LogP contribution in [0.25, 0.3) is 0 Å². The topological polar surface area (TPSA) is 89.5 Å². The zero-order valence-corrected chi connectivity index (χ0v) is 20.5. The lowest BCUT2D eigenvalue weighted by atomic mass is 10.1. The Kier molecular flexibility index (Phi) is 7.08. The molecule has 36 heavy (non-hydrogen) atoms. The molecule has 3 aromatic carbocycles. The maximum atomic E-state index is 13.3. The van der Waals surface area contributed by atoms with Gasteiger partial charge in [0, 0.05) is 12.1 Å². The van der Waals surface area contributed by atoms with Crippen molar-refractivity contribution in [2.24, 2.45) is 4.99 Å². The summed E-state index contributed by atoms with van der Waals surface area (Å²) in [6.45, 7) is 2.97. The number of hydrogen-bond acceptors (Lipinski definition) is 7. The first-order valence-electron chi connectivity index (χ1n) is 11.6. The molecule has 0 aliphatic carbocycles. The molecule has 1 atom stereocenters. The van der Waals surface area contributed by atoms with Crippen LogP contribution in [0.5, 0.6) is 17.2 Å². The van der Waals surface area contributed by atoms with Crippen LogP contribution in [-0.2, 0) is 16.1 Å². The van der Waals surface area contributed by atoms with Crippen molar-refractivity contribution >= 4 is 40.1 Å². The molecule has 2 aliphatic heterocycles. The number of ether oxygens (including phenoxy) is 3. The van der Waals surface area contributed by atoms with Gasteiger partial charge in [-0.15, -0.1) is 0 Å². The fourth-order valence-corrected chi connectivity index (χ4v) is 4.95. The first-order valence-corrected chi connectivity index (χ1v) is 12.5. The number of benzene rings is 3. The van der Waals surface area contributed by atoms with Gasteiger partial charge in [-0.05, 0) is 61.0 Å². The van der Waals surface area contributed by atoms with Crippen LogP contribution >= 0.6 is 11.8 Å². The van der Waals surface area contributed by atoms with Gasteiger partial charge in [0.25, 0.3) is 0 Å². The molecule has 184 valence electrons. The lowest BCUT2D eigenvalue weighted by Gasteiger charge is -2.32. The zero-order valence-electron chi connectivity index (χ0n) is 19.7. The van der Waals surface area contributed by atoms with Crippen LogP contribution in [0.15, 0.2) is 77.8 Å². The number of carbonyl (C=O) groups is 2. The Labute approximate surface area is 213 Å². The van der Waals surface area contributed by atoms with Gasteiger partial charge in [0.2, 0.25) is 18.6 Å². The van der Waals surface area contributed by atoms with Crippen molar-refractivity contribution in [2.75, 3.05) is 18.7 Å². The van der Waals surface area contributed by atoms with Crippen molar-refractivity contribution in [3.63, 3.8) is 0 Å². The number of fused-ring (bicyclic) bond motifs is 1. The van der Waals surface area contributed by atoms with Gasteiger partial charge in [-0.25, -0.2) is 4.99 Å². The molecule has 0 bridgehead atoms. The molecule has 2 aliphatic rings. The van der Waals surface area contributed by atoms with E-state index in [4.69, 9.17) is 19.2 Å². The number of thioether (sulfide) groups is 1. The molecule has 1 N–H and O–H groups in total. The Hall–Kier alpha value is -3.98. The van der Waals surface area contributed by atoms with Crippen molar-refractivity contribution in [2.45, 2.75) is 25.1 Å². The van der Waals surface area contributed by atoms with Crippen LogP contribution < -0.4 is 19.5 Å². The molecule has 1 saturated heterocycles. The van der Waals surface area contributed by atoms with Crippen LogP contribution in [0.2, 0.25) is 0 Å². The quantitative estimate of drug-likeness (QED) is 0.490. The third kappa shape index (κ3) is 5.46. The van der Waals surface area contributed by atoms with E-state index in [1.54, 1.807) is 29.2 Å². The van der Waals surface area contributed by atoms with Gasteiger partial charge in [-0.3, -0.25) is 14.5 Å². The molecular formula is C27H25N3O5S. The van der Waals surface area contributed by atoms with Crippen molar-refractivity contribution in [1.29, 1.82) is 0 Å². The van der Waals surface area contributed by atoms with Crippen LogP contribution in [0, 0.1) is 0 Å². The van der Waals surface area contributed by atoms with E-state index in [1.165, 1.54) is 11.8 Å². The summed E-state index contributed by atoms with van der Waals surface area (Å²) >= 11 is 1.28. The molecule has 3 aromatic rings. The number of aliphatic imine (C=N–C) groups is 1. The Balaban J connectivity index is 1.35. The highest BCUT2D eigenvalue weighted by atomic mass is 32.2. The van der Waals surface area contributed by atoms with Gasteiger partial charge in [0.15, 0.2) is 16.7 Å². The molecule has 2 amide bonds. The van der Waals surface area contributed by atoms with Crippen molar-refractivity contribution < 1.29 is 23.8 Å². The summed E-state index contributed by atoms with van der Waals surface area (Å²) in [6.07, 6.45) is 0.0614. The minimum atomic E-state index is -0.612. The second-order valence-electron chi connectivity index (χ2n) is 8.15. The minimum Gasteiger partial charge on any atom is -0.494 e. The van der Waals surface area contributed by atoms with Crippen LogP contribution in [0.4, 0.5) is 11.4 Å².